The Kier molecular flexibility index (Phi) is 3.48. The Morgan fingerprint density at radius 3 is 2.76 bits per heavy atom. The van der Waals surface area contributed by atoms with E-state index in [9.17, 15) is 4.79 Å². The molecular formula is C18H17NO2. The highest BCUT2D eigenvalue weighted by molar-refractivity contribution is 6.05. The minimum absolute atomic E-state index is 0.218. The van der Waals surface area contributed by atoms with Crippen molar-refractivity contribution in [1.29, 1.82) is 0 Å². The standard InChI is InChI=1S/C18H17NO2/c1-3-13-6-4-5-7-15(13)19-18(20)17-11-14-10-12(2)8-9-16(14)21-17/h4-11H,3H2,1-2H3,(H,19,20). The normalized spacial score (nSPS) is 10.8. The first-order valence-corrected chi connectivity index (χ1v) is 7.07. The van der Waals surface area contributed by atoms with Crippen LogP contribution in [0.4, 0.5) is 5.69 Å². The van der Waals surface area contributed by atoms with Crippen molar-refractivity contribution < 1.29 is 9.21 Å². The molecule has 0 aliphatic carbocycles. The van der Waals surface area contributed by atoms with Crippen LogP contribution in [0.5, 0.6) is 0 Å². The van der Waals surface area contributed by atoms with E-state index >= 15 is 0 Å². The van der Waals surface area contributed by atoms with E-state index in [1.807, 2.05) is 49.4 Å². The number of carbonyl (C=O) groups excluding carboxylic acids is 1. The van der Waals surface area contributed by atoms with Gasteiger partial charge in [0, 0.05) is 11.1 Å². The molecule has 0 aliphatic heterocycles. The number of anilines is 1. The van der Waals surface area contributed by atoms with Crippen molar-refractivity contribution in [2.75, 3.05) is 5.32 Å². The van der Waals surface area contributed by atoms with E-state index in [1.165, 1.54) is 0 Å². The number of rotatable bonds is 3. The molecule has 1 heterocycles. The van der Waals surface area contributed by atoms with Crippen molar-refractivity contribution >= 4 is 22.6 Å². The molecule has 3 heteroatoms. The van der Waals surface area contributed by atoms with Gasteiger partial charge in [0.15, 0.2) is 5.76 Å². The van der Waals surface area contributed by atoms with E-state index in [0.29, 0.717) is 5.76 Å². The van der Waals surface area contributed by atoms with Crippen LogP contribution < -0.4 is 5.32 Å². The number of amides is 1. The monoisotopic (exact) mass is 279 g/mol. The fraction of sp³-hybridized carbons (Fsp3) is 0.167. The van der Waals surface area contributed by atoms with Gasteiger partial charge in [-0.25, -0.2) is 0 Å². The SMILES string of the molecule is CCc1ccccc1NC(=O)c1cc2cc(C)ccc2o1. The first kappa shape index (κ1) is 13.4. The fourth-order valence-electron chi connectivity index (χ4n) is 2.41. The van der Waals surface area contributed by atoms with Gasteiger partial charge in [-0.15, -0.1) is 0 Å². The number of nitrogens with one attached hydrogen (secondary N) is 1. The van der Waals surface area contributed by atoms with Crippen molar-refractivity contribution in [2.45, 2.75) is 20.3 Å². The highest BCUT2D eigenvalue weighted by Crippen LogP contribution is 2.22. The van der Waals surface area contributed by atoms with Crippen molar-refractivity contribution in [1.82, 2.24) is 0 Å². The van der Waals surface area contributed by atoms with Crippen LogP contribution in [0.3, 0.4) is 0 Å². The van der Waals surface area contributed by atoms with Crippen LogP contribution in [0.2, 0.25) is 0 Å². The minimum Gasteiger partial charge on any atom is -0.451 e. The second kappa shape index (κ2) is 5.44. The van der Waals surface area contributed by atoms with Crippen LogP contribution in [0.15, 0.2) is 52.9 Å². The van der Waals surface area contributed by atoms with E-state index in [1.54, 1.807) is 6.07 Å². The average molecular weight is 279 g/mol. The molecule has 106 valence electrons. The lowest BCUT2D eigenvalue weighted by Crippen LogP contribution is -2.12. The molecule has 0 aliphatic rings. The fourth-order valence-corrected chi connectivity index (χ4v) is 2.41. The second-order valence-electron chi connectivity index (χ2n) is 5.12. The number of fused-ring (bicyclic) bond motifs is 1. The maximum atomic E-state index is 12.3. The molecule has 2 aromatic carbocycles. The first-order chi connectivity index (χ1) is 10.2. The lowest BCUT2D eigenvalue weighted by atomic mass is 10.1. The van der Waals surface area contributed by atoms with Gasteiger partial charge in [-0.3, -0.25) is 4.79 Å². The van der Waals surface area contributed by atoms with Crippen LogP contribution in [-0.2, 0) is 6.42 Å². The molecule has 0 saturated heterocycles. The van der Waals surface area contributed by atoms with Crippen molar-refractivity contribution in [3.63, 3.8) is 0 Å². The molecule has 3 rings (SSSR count). The van der Waals surface area contributed by atoms with Gasteiger partial charge in [-0.1, -0.05) is 36.8 Å². The number of para-hydroxylation sites is 1. The maximum Gasteiger partial charge on any atom is 0.291 e. The Labute approximate surface area is 123 Å². The molecule has 0 fully saturated rings. The lowest BCUT2D eigenvalue weighted by molar-refractivity contribution is 0.0998. The molecule has 1 aromatic heterocycles. The van der Waals surface area contributed by atoms with Gasteiger partial charge in [0.05, 0.1) is 0 Å². The quantitative estimate of drug-likeness (QED) is 0.764. The zero-order valence-electron chi connectivity index (χ0n) is 12.1. The summed E-state index contributed by atoms with van der Waals surface area (Å²) in [5, 5.41) is 3.87. The van der Waals surface area contributed by atoms with Gasteiger partial charge in [-0.05, 0) is 43.2 Å². The largest absolute Gasteiger partial charge is 0.451 e. The summed E-state index contributed by atoms with van der Waals surface area (Å²) in [6.45, 7) is 4.08. The molecule has 0 bridgehead atoms. The summed E-state index contributed by atoms with van der Waals surface area (Å²) in [6, 6.07) is 15.5. The Balaban J connectivity index is 1.90. The highest BCUT2D eigenvalue weighted by atomic mass is 16.3. The summed E-state index contributed by atoms with van der Waals surface area (Å²) < 4.78 is 5.62. The van der Waals surface area contributed by atoms with E-state index < -0.39 is 0 Å². The van der Waals surface area contributed by atoms with Crippen LogP contribution in [-0.4, -0.2) is 5.91 Å². The Hall–Kier alpha value is -2.55. The van der Waals surface area contributed by atoms with Crippen molar-refractivity contribution in [3.05, 3.63) is 65.4 Å². The van der Waals surface area contributed by atoms with Crippen LogP contribution in [0.25, 0.3) is 11.0 Å². The molecule has 1 N–H and O–H groups in total. The first-order valence-electron chi connectivity index (χ1n) is 7.07. The van der Waals surface area contributed by atoms with E-state index in [4.69, 9.17) is 4.42 Å². The van der Waals surface area contributed by atoms with Gasteiger partial charge in [-0.2, -0.15) is 0 Å². The Bertz CT molecular complexity index is 802. The molecule has 0 saturated carbocycles. The smallest absolute Gasteiger partial charge is 0.291 e. The zero-order valence-corrected chi connectivity index (χ0v) is 12.1. The molecule has 1 amide bonds. The summed E-state index contributed by atoms with van der Waals surface area (Å²) in [5.41, 5.74) is 3.82. The van der Waals surface area contributed by atoms with Crippen molar-refractivity contribution in [2.24, 2.45) is 0 Å². The molecule has 3 nitrogen and oxygen atoms in total. The molecule has 3 aromatic rings. The van der Waals surface area contributed by atoms with Gasteiger partial charge in [0.25, 0.3) is 5.91 Å². The van der Waals surface area contributed by atoms with Crippen molar-refractivity contribution in [3.8, 4) is 0 Å². The number of carbonyl (C=O) groups is 1. The molecule has 0 radical (unpaired) electrons. The summed E-state index contributed by atoms with van der Waals surface area (Å²) in [4.78, 5) is 12.3. The molecule has 0 spiro atoms. The maximum absolute atomic E-state index is 12.3. The Morgan fingerprint density at radius 2 is 1.95 bits per heavy atom. The van der Waals surface area contributed by atoms with Gasteiger partial charge < -0.3 is 9.73 Å². The third-order valence-electron chi connectivity index (χ3n) is 3.54. The molecular weight excluding hydrogens is 262 g/mol. The van der Waals surface area contributed by atoms with E-state index in [0.717, 1.165) is 34.2 Å². The summed E-state index contributed by atoms with van der Waals surface area (Å²) in [5.74, 6) is 0.117. The zero-order chi connectivity index (χ0) is 14.8. The number of benzene rings is 2. The third kappa shape index (κ3) is 2.68. The molecule has 21 heavy (non-hydrogen) atoms. The summed E-state index contributed by atoms with van der Waals surface area (Å²) in [7, 11) is 0. The second-order valence-corrected chi connectivity index (χ2v) is 5.12. The van der Waals surface area contributed by atoms with Crippen LogP contribution >= 0.6 is 0 Å². The predicted molar refractivity (Wildman–Crippen MR) is 84.7 cm³/mol. The Morgan fingerprint density at radius 1 is 1.14 bits per heavy atom. The molecule has 0 atom stereocenters. The van der Waals surface area contributed by atoms with Gasteiger partial charge in [0.2, 0.25) is 0 Å². The average Bonchev–Trinajstić information content (AvgIpc) is 2.91. The van der Waals surface area contributed by atoms with Gasteiger partial charge in [0.1, 0.15) is 5.58 Å². The predicted octanol–water partition coefficient (Wildman–Crippen LogP) is 4.56. The van der Waals surface area contributed by atoms with E-state index in [2.05, 4.69) is 12.2 Å². The minimum atomic E-state index is -0.218. The van der Waals surface area contributed by atoms with E-state index in [-0.39, 0.29) is 5.91 Å². The topological polar surface area (TPSA) is 42.2 Å². The number of furan rings is 1. The number of hydrogen-bond donors (Lipinski definition) is 1. The van der Waals surface area contributed by atoms with Gasteiger partial charge >= 0.3 is 0 Å². The third-order valence-corrected chi connectivity index (χ3v) is 3.54. The number of hydrogen-bond acceptors (Lipinski definition) is 2. The number of aryl methyl sites for hydroxylation is 2. The van der Waals surface area contributed by atoms with Crippen LogP contribution in [0.1, 0.15) is 28.6 Å². The molecule has 0 unspecified atom stereocenters. The summed E-state index contributed by atoms with van der Waals surface area (Å²) in [6.07, 6.45) is 0.871. The highest BCUT2D eigenvalue weighted by Gasteiger charge is 2.13. The summed E-state index contributed by atoms with van der Waals surface area (Å²) >= 11 is 0. The van der Waals surface area contributed by atoms with Crippen LogP contribution in [0, 0.1) is 6.92 Å². The lowest BCUT2D eigenvalue weighted by Gasteiger charge is -2.07.